The standard InChI is InChI=1S/C28H33N3O3S/c1-2-3-15-35(33,34)24-9-6-7-21(17-24)28(32)30-22-10-11-27-25(18-22)26(19-29-27)20-12-14-31-13-5-4-8-23(31)16-20/h6-7,9-12,17-19,23,29H,2-5,8,13-16H2,1H3,(H,30,32). The molecule has 1 fully saturated rings. The summed E-state index contributed by atoms with van der Waals surface area (Å²) in [6.45, 7) is 4.15. The molecule has 0 radical (unpaired) electrons. The number of hydrogen-bond acceptors (Lipinski definition) is 4. The Balaban J connectivity index is 1.36. The molecule has 35 heavy (non-hydrogen) atoms. The molecule has 0 aliphatic carbocycles. The van der Waals surface area contributed by atoms with Crippen molar-refractivity contribution in [2.45, 2.75) is 56.4 Å². The van der Waals surface area contributed by atoms with E-state index in [0.717, 1.165) is 30.3 Å². The van der Waals surface area contributed by atoms with Crippen molar-refractivity contribution in [3.8, 4) is 0 Å². The van der Waals surface area contributed by atoms with Crippen molar-refractivity contribution in [3.05, 3.63) is 65.9 Å². The third-order valence-electron chi connectivity index (χ3n) is 7.28. The number of amides is 1. The predicted molar refractivity (Wildman–Crippen MR) is 141 cm³/mol. The topological polar surface area (TPSA) is 82.3 Å². The molecule has 5 rings (SSSR count). The summed E-state index contributed by atoms with van der Waals surface area (Å²) in [6.07, 6.45) is 10.7. The highest BCUT2D eigenvalue weighted by Gasteiger charge is 2.27. The van der Waals surface area contributed by atoms with Gasteiger partial charge in [-0.25, -0.2) is 8.42 Å². The van der Waals surface area contributed by atoms with Gasteiger partial charge in [-0.2, -0.15) is 0 Å². The van der Waals surface area contributed by atoms with Crippen LogP contribution in [0.3, 0.4) is 0 Å². The third-order valence-corrected chi connectivity index (χ3v) is 9.08. The monoisotopic (exact) mass is 491 g/mol. The molecule has 2 aliphatic heterocycles. The number of fused-ring (bicyclic) bond motifs is 2. The number of benzene rings is 2. The van der Waals surface area contributed by atoms with Crippen molar-refractivity contribution in [3.63, 3.8) is 0 Å². The van der Waals surface area contributed by atoms with Crippen molar-refractivity contribution in [2.75, 3.05) is 24.2 Å². The fraction of sp³-hybridized carbons (Fsp3) is 0.393. The zero-order valence-corrected chi connectivity index (χ0v) is 21.0. The average Bonchev–Trinajstić information content (AvgIpc) is 3.30. The van der Waals surface area contributed by atoms with Crippen LogP contribution in [-0.2, 0) is 9.84 Å². The molecule has 0 saturated carbocycles. The van der Waals surface area contributed by atoms with Crippen LogP contribution in [-0.4, -0.2) is 49.1 Å². The maximum Gasteiger partial charge on any atom is 0.255 e. The predicted octanol–water partition coefficient (Wildman–Crippen LogP) is 5.64. The lowest BCUT2D eigenvalue weighted by Crippen LogP contribution is -2.41. The molecule has 1 aromatic heterocycles. The second-order valence-electron chi connectivity index (χ2n) is 9.70. The fourth-order valence-electron chi connectivity index (χ4n) is 5.27. The van der Waals surface area contributed by atoms with Crippen LogP contribution in [0.15, 0.2) is 59.6 Å². The number of nitrogens with one attached hydrogen (secondary N) is 2. The van der Waals surface area contributed by atoms with Crippen LogP contribution in [0.4, 0.5) is 5.69 Å². The van der Waals surface area contributed by atoms with E-state index < -0.39 is 9.84 Å². The number of aromatic amines is 1. The molecule has 0 spiro atoms. The highest BCUT2D eigenvalue weighted by atomic mass is 32.2. The number of H-pyrrole nitrogens is 1. The number of anilines is 1. The van der Waals surface area contributed by atoms with Crippen molar-refractivity contribution < 1.29 is 13.2 Å². The Morgan fingerprint density at radius 2 is 2.06 bits per heavy atom. The molecule has 2 N–H and O–H groups in total. The van der Waals surface area contributed by atoms with Gasteiger partial charge in [-0.15, -0.1) is 0 Å². The summed E-state index contributed by atoms with van der Waals surface area (Å²) >= 11 is 0. The Hall–Kier alpha value is -2.90. The summed E-state index contributed by atoms with van der Waals surface area (Å²) in [7, 11) is -3.39. The van der Waals surface area contributed by atoms with Gasteiger partial charge in [0.2, 0.25) is 0 Å². The first-order valence-electron chi connectivity index (χ1n) is 12.6. The van der Waals surface area contributed by atoms with Gasteiger partial charge >= 0.3 is 0 Å². The van der Waals surface area contributed by atoms with Gasteiger partial charge in [-0.1, -0.05) is 31.9 Å². The molecule has 6 nitrogen and oxygen atoms in total. The maximum absolute atomic E-state index is 13.0. The number of carbonyl (C=O) groups excluding carboxylic acids is 1. The van der Waals surface area contributed by atoms with Gasteiger partial charge in [-0.05, 0) is 74.2 Å². The molecule has 184 valence electrons. The Bertz CT molecular complexity index is 1370. The number of unbranched alkanes of at least 4 members (excludes halogenated alkanes) is 1. The van der Waals surface area contributed by atoms with E-state index in [1.807, 2.05) is 25.1 Å². The molecule has 2 aromatic carbocycles. The number of rotatable bonds is 7. The Morgan fingerprint density at radius 1 is 1.17 bits per heavy atom. The number of carbonyl (C=O) groups is 1. The van der Waals surface area contributed by atoms with Gasteiger partial charge in [0.15, 0.2) is 9.84 Å². The highest BCUT2D eigenvalue weighted by Crippen LogP contribution is 2.35. The van der Waals surface area contributed by atoms with E-state index in [1.165, 1.54) is 43.0 Å². The number of piperidine rings is 1. The van der Waals surface area contributed by atoms with E-state index >= 15 is 0 Å². The molecule has 1 unspecified atom stereocenters. The largest absolute Gasteiger partial charge is 0.361 e. The number of aromatic nitrogens is 1. The van der Waals surface area contributed by atoms with E-state index in [9.17, 15) is 13.2 Å². The van der Waals surface area contributed by atoms with Gasteiger partial charge in [-0.3, -0.25) is 9.69 Å². The number of sulfone groups is 1. The molecular formula is C28H33N3O3S. The van der Waals surface area contributed by atoms with E-state index in [4.69, 9.17) is 0 Å². The summed E-state index contributed by atoms with van der Waals surface area (Å²) in [5.41, 5.74) is 4.63. The molecule has 3 aromatic rings. The van der Waals surface area contributed by atoms with Crippen LogP contribution in [0.25, 0.3) is 16.5 Å². The van der Waals surface area contributed by atoms with Crippen LogP contribution in [0.5, 0.6) is 0 Å². The fourth-order valence-corrected chi connectivity index (χ4v) is 6.76. The first kappa shape index (κ1) is 23.8. The second kappa shape index (κ2) is 9.99. The quantitative estimate of drug-likeness (QED) is 0.448. The van der Waals surface area contributed by atoms with Crippen LogP contribution < -0.4 is 5.32 Å². The van der Waals surface area contributed by atoms with Crippen molar-refractivity contribution in [1.82, 2.24) is 9.88 Å². The van der Waals surface area contributed by atoms with Gasteiger partial charge in [0.05, 0.1) is 10.6 Å². The van der Waals surface area contributed by atoms with E-state index in [-0.39, 0.29) is 16.6 Å². The molecule has 1 saturated heterocycles. The van der Waals surface area contributed by atoms with Crippen LogP contribution in [0.1, 0.15) is 61.4 Å². The van der Waals surface area contributed by atoms with Gasteiger partial charge in [0.1, 0.15) is 0 Å². The molecular weight excluding hydrogens is 458 g/mol. The summed E-state index contributed by atoms with van der Waals surface area (Å²) in [6, 6.07) is 12.8. The Morgan fingerprint density at radius 3 is 2.91 bits per heavy atom. The van der Waals surface area contributed by atoms with Gasteiger partial charge < -0.3 is 10.3 Å². The maximum atomic E-state index is 13.0. The lowest BCUT2D eigenvalue weighted by molar-refractivity contribution is 0.102. The molecule has 7 heteroatoms. The smallest absolute Gasteiger partial charge is 0.255 e. The Kier molecular flexibility index (Phi) is 6.80. The first-order chi connectivity index (χ1) is 16.9. The second-order valence-corrected chi connectivity index (χ2v) is 11.8. The van der Waals surface area contributed by atoms with Gasteiger partial charge in [0.25, 0.3) is 5.91 Å². The summed E-state index contributed by atoms with van der Waals surface area (Å²) in [5.74, 6) is -0.223. The average molecular weight is 492 g/mol. The molecule has 1 atom stereocenters. The normalized spacial score (nSPS) is 18.8. The molecule has 3 heterocycles. The number of nitrogens with zero attached hydrogens (tertiary/aromatic N) is 1. The van der Waals surface area contributed by atoms with Crippen LogP contribution in [0.2, 0.25) is 0 Å². The van der Waals surface area contributed by atoms with E-state index in [1.54, 1.807) is 18.2 Å². The SMILES string of the molecule is CCCCS(=O)(=O)c1cccc(C(=O)Nc2ccc3[nH]cc(C4=CCN5CCCCC5C4)c3c2)c1. The van der Waals surface area contributed by atoms with E-state index in [2.05, 4.69) is 27.5 Å². The first-order valence-corrected chi connectivity index (χ1v) is 14.3. The lowest BCUT2D eigenvalue weighted by atomic mass is 9.89. The van der Waals surface area contributed by atoms with Crippen LogP contribution >= 0.6 is 0 Å². The minimum Gasteiger partial charge on any atom is -0.361 e. The van der Waals surface area contributed by atoms with Crippen molar-refractivity contribution in [2.24, 2.45) is 0 Å². The lowest BCUT2D eigenvalue weighted by Gasteiger charge is -2.38. The number of hydrogen-bond donors (Lipinski definition) is 2. The summed E-state index contributed by atoms with van der Waals surface area (Å²) < 4.78 is 25.1. The highest BCUT2D eigenvalue weighted by molar-refractivity contribution is 7.91. The third kappa shape index (κ3) is 5.07. The summed E-state index contributed by atoms with van der Waals surface area (Å²) in [4.78, 5) is 19.2. The van der Waals surface area contributed by atoms with Crippen molar-refractivity contribution in [1.29, 1.82) is 0 Å². The van der Waals surface area contributed by atoms with Gasteiger partial charge in [0, 0.05) is 46.5 Å². The summed E-state index contributed by atoms with van der Waals surface area (Å²) in [5, 5.41) is 4.05. The zero-order valence-electron chi connectivity index (χ0n) is 20.2. The molecule has 1 amide bonds. The van der Waals surface area contributed by atoms with Crippen LogP contribution in [0, 0.1) is 0 Å². The molecule has 2 aliphatic rings. The minimum atomic E-state index is -3.39. The van der Waals surface area contributed by atoms with E-state index in [0.29, 0.717) is 23.7 Å². The Labute approximate surface area is 207 Å². The molecule has 0 bridgehead atoms. The van der Waals surface area contributed by atoms with Crippen molar-refractivity contribution >= 4 is 37.9 Å². The minimum absolute atomic E-state index is 0.0932. The zero-order chi connectivity index (χ0) is 24.4.